The zero-order valence-electron chi connectivity index (χ0n) is 14.5. The molecular weight excluding hydrogens is 356 g/mol. The summed E-state index contributed by atoms with van der Waals surface area (Å²) in [6.07, 6.45) is 0. The molecule has 140 valence electrons. The predicted molar refractivity (Wildman–Crippen MR) is 99.8 cm³/mol. The predicted octanol–water partition coefficient (Wildman–Crippen LogP) is 0.536. The third-order valence-electron chi connectivity index (χ3n) is 4.06. The smallest absolute Gasteiger partial charge is 0.230 e. The molecule has 1 aromatic heterocycles. The van der Waals surface area contributed by atoms with E-state index in [0.717, 1.165) is 16.6 Å². The lowest BCUT2D eigenvalue weighted by Gasteiger charge is -2.26. The molecule has 1 aliphatic heterocycles. The van der Waals surface area contributed by atoms with Crippen LogP contribution in [0.1, 0.15) is 5.69 Å². The number of benzene rings is 1. The average molecular weight is 378 g/mol. The largest absolute Gasteiger partial charge is 0.379 e. The van der Waals surface area contributed by atoms with Gasteiger partial charge in [-0.25, -0.2) is 18.4 Å². The second-order valence-corrected chi connectivity index (χ2v) is 7.99. The number of para-hydroxylation sites is 1. The van der Waals surface area contributed by atoms with Gasteiger partial charge in [0.15, 0.2) is 5.96 Å². The van der Waals surface area contributed by atoms with E-state index in [9.17, 15) is 8.42 Å². The molecule has 0 atom stereocenters. The first-order valence-electron chi connectivity index (χ1n) is 8.34. The van der Waals surface area contributed by atoms with E-state index in [1.165, 1.54) is 4.31 Å². The molecule has 0 radical (unpaired) electrons. The molecule has 0 amide bonds. The Morgan fingerprint density at radius 3 is 2.77 bits per heavy atom. The highest BCUT2D eigenvalue weighted by Crippen LogP contribution is 2.16. The van der Waals surface area contributed by atoms with Crippen LogP contribution in [0.25, 0.3) is 10.9 Å². The van der Waals surface area contributed by atoms with Gasteiger partial charge in [-0.15, -0.1) is 0 Å². The van der Waals surface area contributed by atoms with E-state index >= 15 is 0 Å². The van der Waals surface area contributed by atoms with Crippen LogP contribution in [-0.4, -0.2) is 67.3 Å². The minimum atomic E-state index is -3.35. The molecule has 1 aromatic carbocycles. The Labute approximate surface area is 152 Å². The first-order chi connectivity index (χ1) is 12.5. The summed E-state index contributed by atoms with van der Waals surface area (Å²) in [5.41, 5.74) is 1.59. The Balaban J connectivity index is 1.54. The van der Waals surface area contributed by atoms with Gasteiger partial charge in [0, 0.05) is 25.0 Å². The lowest BCUT2D eigenvalue weighted by atomic mass is 10.2. The van der Waals surface area contributed by atoms with Gasteiger partial charge >= 0.3 is 0 Å². The van der Waals surface area contributed by atoms with E-state index in [-0.39, 0.29) is 18.3 Å². The molecule has 0 aliphatic carbocycles. The van der Waals surface area contributed by atoms with E-state index in [1.807, 2.05) is 31.2 Å². The molecule has 0 bridgehead atoms. The first-order valence-corrected chi connectivity index (χ1v) is 9.95. The number of aryl methyl sites for hydroxylation is 1. The fourth-order valence-electron chi connectivity index (χ4n) is 2.71. The van der Waals surface area contributed by atoms with Crippen LogP contribution in [0.3, 0.4) is 0 Å². The molecule has 1 aliphatic rings. The highest BCUT2D eigenvalue weighted by molar-refractivity contribution is 7.89. The van der Waals surface area contributed by atoms with Gasteiger partial charge in [0.2, 0.25) is 16.0 Å². The maximum absolute atomic E-state index is 12.2. The molecule has 0 unspecified atom stereocenters. The zero-order chi connectivity index (χ0) is 18.6. The summed E-state index contributed by atoms with van der Waals surface area (Å²) < 4.78 is 31.0. The van der Waals surface area contributed by atoms with Crippen LogP contribution in [-0.2, 0) is 14.8 Å². The minimum Gasteiger partial charge on any atom is -0.379 e. The number of guanidine groups is 1. The number of sulfonamides is 1. The summed E-state index contributed by atoms with van der Waals surface area (Å²) in [6.45, 7) is 3.59. The topological polar surface area (TPSA) is 120 Å². The second kappa shape index (κ2) is 7.94. The fraction of sp³-hybridized carbons (Fsp3) is 0.438. The number of hydrogen-bond acceptors (Lipinski definition) is 6. The molecule has 1 fully saturated rings. The standard InChI is InChI=1S/C16H22N6O3S/c1-12-13-4-2-3-5-14(13)20-16(19-12)21-15(17)18-6-11-26(23,24)22-7-9-25-10-8-22/h2-5H,6-11H2,1H3,(H3,17,18,19,20,21). The molecular formula is C16H22N6O3S. The SMILES string of the molecule is Cc1nc(NC(=N)NCCS(=O)(=O)N2CCOCC2)nc2ccccc12. The van der Waals surface area contributed by atoms with Gasteiger partial charge in [0.1, 0.15) is 0 Å². The molecule has 2 heterocycles. The quantitative estimate of drug-likeness (QED) is 0.513. The van der Waals surface area contributed by atoms with Gasteiger partial charge in [0.25, 0.3) is 0 Å². The van der Waals surface area contributed by atoms with Crippen molar-refractivity contribution in [1.29, 1.82) is 5.41 Å². The van der Waals surface area contributed by atoms with Crippen molar-refractivity contribution in [2.75, 3.05) is 43.9 Å². The van der Waals surface area contributed by atoms with E-state index in [4.69, 9.17) is 10.1 Å². The third-order valence-corrected chi connectivity index (χ3v) is 5.93. The maximum Gasteiger partial charge on any atom is 0.230 e. The number of ether oxygens (including phenoxy) is 1. The summed E-state index contributed by atoms with van der Waals surface area (Å²) in [6, 6.07) is 7.62. The first kappa shape index (κ1) is 18.5. The normalized spacial score (nSPS) is 15.7. The minimum absolute atomic E-state index is 0.0446. The Kier molecular flexibility index (Phi) is 5.64. The Morgan fingerprint density at radius 1 is 1.27 bits per heavy atom. The number of aromatic nitrogens is 2. The fourth-order valence-corrected chi connectivity index (χ4v) is 4.03. The van der Waals surface area contributed by atoms with Crippen LogP contribution < -0.4 is 10.6 Å². The van der Waals surface area contributed by atoms with E-state index in [1.54, 1.807) is 0 Å². The van der Waals surface area contributed by atoms with Crippen molar-refractivity contribution < 1.29 is 13.2 Å². The van der Waals surface area contributed by atoms with Crippen LogP contribution in [0.15, 0.2) is 24.3 Å². The van der Waals surface area contributed by atoms with Gasteiger partial charge < -0.3 is 10.1 Å². The Morgan fingerprint density at radius 2 is 2.00 bits per heavy atom. The summed E-state index contributed by atoms with van der Waals surface area (Å²) in [5, 5.41) is 14.4. The number of nitrogens with one attached hydrogen (secondary N) is 3. The zero-order valence-corrected chi connectivity index (χ0v) is 15.3. The molecule has 2 aromatic rings. The van der Waals surface area contributed by atoms with Crippen LogP contribution in [0, 0.1) is 12.3 Å². The van der Waals surface area contributed by atoms with Crippen LogP contribution in [0.4, 0.5) is 5.95 Å². The van der Waals surface area contributed by atoms with Crippen molar-refractivity contribution in [2.45, 2.75) is 6.92 Å². The van der Waals surface area contributed by atoms with Gasteiger partial charge in [-0.1, -0.05) is 18.2 Å². The average Bonchev–Trinajstić information content (AvgIpc) is 2.62. The number of hydrogen-bond donors (Lipinski definition) is 3. The third kappa shape index (κ3) is 4.45. The van der Waals surface area contributed by atoms with Gasteiger partial charge in [0.05, 0.1) is 30.2 Å². The van der Waals surface area contributed by atoms with E-state index in [0.29, 0.717) is 32.3 Å². The Bertz CT molecular complexity index is 896. The highest BCUT2D eigenvalue weighted by Gasteiger charge is 2.23. The monoisotopic (exact) mass is 378 g/mol. The van der Waals surface area contributed by atoms with Crippen molar-refractivity contribution >= 4 is 32.8 Å². The van der Waals surface area contributed by atoms with Gasteiger partial charge in [-0.2, -0.15) is 4.31 Å². The van der Waals surface area contributed by atoms with Gasteiger partial charge in [-0.3, -0.25) is 10.7 Å². The highest BCUT2D eigenvalue weighted by atomic mass is 32.2. The molecule has 1 saturated heterocycles. The van der Waals surface area contributed by atoms with Crippen molar-refractivity contribution in [2.24, 2.45) is 0 Å². The molecule has 3 rings (SSSR count). The number of morpholine rings is 1. The van der Waals surface area contributed by atoms with E-state index < -0.39 is 10.0 Å². The molecule has 0 spiro atoms. The van der Waals surface area contributed by atoms with Crippen LogP contribution in [0.5, 0.6) is 0 Å². The lowest BCUT2D eigenvalue weighted by Crippen LogP contribution is -2.44. The molecule has 26 heavy (non-hydrogen) atoms. The number of rotatable bonds is 5. The number of fused-ring (bicyclic) bond motifs is 1. The van der Waals surface area contributed by atoms with E-state index in [2.05, 4.69) is 20.6 Å². The Hall–Kier alpha value is -2.30. The summed E-state index contributed by atoms with van der Waals surface area (Å²) in [4.78, 5) is 8.69. The molecule has 3 N–H and O–H groups in total. The van der Waals surface area contributed by atoms with Crippen molar-refractivity contribution in [1.82, 2.24) is 19.6 Å². The van der Waals surface area contributed by atoms with Gasteiger partial charge in [-0.05, 0) is 13.0 Å². The summed E-state index contributed by atoms with van der Waals surface area (Å²) in [5.74, 6) is 0.167. The van der Waals surface area contributed by atoms with Crippen molar-refractivity contribution in [3.05, 3.63) is 30.0 Å². The van der Waals surface area contributed by atoms with Crippen molar-refractivity contribution in [3.63, 3.8) is 0 Å². The molecule has 10 heteroatoms. The number of nitrogens with zero attached hydrogens (tertiary/aromatic N) is 3. The van der Waals surface area contributed by atoms with Crippen molar-refractivity contribution in [3.8, 4) is 0 Å². The maximum atomic E-state index is 12.2. The summed E-state index contributed by atoms with van der Waals surface area (Å²) in [7, 11) is -3.35. The number of anilines is 1. The summed E-state index contributed by atoms with van der Waals surface area (Å²) >= 11 is 0. The molecule has 0 saturated carbocycles. The van der Waals surface area contributed by atoms with Crippen LogP contribution >= 0.6 is 0 Å². The molecule has 9 nitrogen and oxygen atoms in total. The second-order valence-electron chi connectivity index (χ2n) is 5.90. The van der Waals surface area contributed by atoms with Crippen LogP contribution in [0.2, 0.25) is 0 Å². The lowest BCUT2D eigenvalue weighted by molar-refractivity contribution is 0.0730.